The lowest BCUT2D eigenvalue weighted by Crippen LogP contribution is -2.39. The molecule has 0 spiro atoms. The fourth-order valence-corrected chi connectivity index (χ4v) is 2.33. The van der Waals surface area contributed by atoms with E-state index in [-0.39, 0.29) is 11.2 Å². The number of rotatable bonds is 2. The van der Waals surface area contributed by atoms with E-state index in [9.17, 15) is 4.39 Å². The van der Waals surface area contributed by atoms with E-state index >= 15 is 0 Å². The van der Waals surface area contributed by atoms with Gasteiger partial charge in [-0.15, -0.1) is 0 Å². The zero-order valence-electron chi connectivity index (χ0n) is 11.2. The fraction of sp³-hybridized carbons (Fsp3) is 0.600. The fourth-order valence-electron chi connectivity index (χ4n) is 2.33. The van der Waals surface area contributed by atoms with Crippen LogP contribution in [0.4, 0.5) is 4.39 Å². The van der Waals surface area contributed by atoms with Gasteiger partial charge in [-0.25, -0.2) is 4.39 Å². The predicted molar refractivity (Wildman–Crippen MR) is 69.5 cm³/mol. The minimum atomic E-state index is -0.0461. The second-order valence-corrected chi connectivity index (χ2v) is 6.15. The average Bonchev–Trinajstić information content (AvgIpc) is 2.62. The Morgan fingerprint density at radius 2 is 2.06 bits per heavy atom. The molecule has 1 aliphatic carbocycles. The predicted octanol–water partition coefficient (Wildman–Crippen LogP) is 3.84. The van der Waals surface area contributed by atoms with Crippen LogP contribution >= 0.6 is 0 Å². The van der Waals surface area contributed by atoms with Gasteiger partial charge >= 0.3 is 0 Å². The highest BCUT2D eigenvalue weighted by Gasteiger charge is 2.28. The molecule has 0 bridgehead atoms. The van der Waals surface area contributed by atoms with Crippen molar-refractivity contribution in [3.63, 3.8) is 0 Å². The minimum Gasteiger partial charge on any atom is -0.307 e. The number of hydrogen-bond donors (Lipinski definition) is 1. The molecule has 0 saturated heterocycles. The molecular weight excluding hydrogens is 213 g/mol. The van der Waals surface area contributed by atoms with Crippen LogP contribution in [-0.4, -0.2) is 6.04 Å². The van der Waals surface area contributed by atoms with Gasteiger partial charge in [0.25, 0.3) is 0 Å². The molecule has 2 atom stereocenters. The lowest BCUT2D eigenvalue weighted by Gasteiger charge is -2.31. The molecule has 0 radical (unpaired) electrons. The largest absolute Gasteiger partial charge is 0.307 e. The molecule has 0 fully saturated rings. The molecule has 2 rings (SSSR count). The first-order valence-electron chi connectivity index (χ1n) is 6.43. The standard InChI is InChI=1S/C15H22FN/c1-10(15(2,3)4)17-14-9-8-11-12(14)6-5-7-13(11)16/h5-7,10,14,17H,8-9H2,1-4H3. The first kappa shape index (κ1) is 12.6. The van der Waals surface area contributed by atoms with Crippen molar-refractivity contribution < 1.29 is 4.39 Å². The highest BCUT2D eigenvalue weighted by Crippen LogP contribution is 2.34. The van der Waals surface area contributed by atoms with Gasteiger partial charge in [-0.3, -0.25) is 0 Å². The Hall–Kier alpha value is -0.890. The van der Waals surface area contributed by atoms with E-state index in [4.69, 9.17) is 0 Å². The van der Waals surface area contributed by atoms with E-state index in [0.29, 0.717) is 12.1 Å². The summed E-state index contributed by atoms with van der Waals surface area (Å²) in [7, 11) is 0. The smallest absolute Gasteiger partial charge is 0.126 e. The van der Waals surface area contributed by atoms with Gasteiger partial charge in [0.05, 0.1) is 0 Å². The van der Waals surface area contributed by atoms with Crippen LogP contribution in [0.25, 0.3) is 0 Å². The third kappa shape index (κ3) is 2.52. The number of benzene rings is 1. The maximum absolute atomic E-state index is 13.6. The zero-order chi connectivity index (χ0) is 12.6. The van der Waals surface area contributed by atoms with Crippen LogP contribution in [0.5, 0.6) is 0 Å². The van der Waals surface area contributed by atoms with Crippen LogP contribution in [0.1, 0.15) is 51.3 Å². The van der Waals surface area contributed by atoms with Crippen molar-refractivity contribution in [2.24, 2.45) is 5.41 Å². The van der Waals surface area contributed by atoms with Crippen molar-refractivity contribution in [2.45, 2.75) is 52.6 Å². The number of halogens is 1. The Kier molecular flexibility index (Phi) is 3.26. The molecule has 0 saturated carbocycles. The van der Waals surface area contributed by atoms with Gasteiger partial charge in [-0.05, 0) is 42.4 Å². The summed E-state index contributed by atoms with van der Waals surface area (Å²) in [6, 6.07) is 6.17. The van der Waals surface area contributed by atoms with Crippen molar-refractivity contribution in [1.29, 1.82) is 0 Å². The monoisotopic (exact) mass is 235 g/mol. The third-order valence-corrected chi connectivity index (χ3v) is 3.96. The summed E-state index contributed by atoms with van der Waals surface area (Å²) in [5.74, 6) is -0.0461. The summed E-state index contributed by atoms with van der Waals surface area (Å²) in [5.41, 5.74) is 2.29. The molecule has 2 heteroatoms. The zero-order valence-corrected chi connectivity index (χ0v) is 11.2. The van der Waals surface area contributed by atoms with E-state index in [2.05, 4.69) is 39.1 Å². The van der Waals surface area contributed by atoms with E-state index in [1.165, 1.54) is 0 Å². The van der Waals surface area contributed by atoms with Crippen molar-refractivity contribution in [3.8, 4) is 0 Å². The first-order chi connectivity index (χ1) is 7.89. The molecule has 94 valence electrons. The molecule has 0 heterocycles. The second-order valence-electron chi connectivity index (χ2n) is 6.15. The Bertz CT molecular complexity index is 406. The SMILES string of the molecule is CC(NC1CCc2c(F)cccc21)C(C)(C)C. The van der Waals surface area contributed by atoms with Crippen molar-refractivity contribution >= 4 is 0 Å². The average molecular weight is 235 g/mol. The van der Waals surface area contributed by atoms with Gasteiger partial charge < -0.3 is 5.32 Å². The molecular formula is C15H22FN. The highest BCUT2D eigenvalue weighted by molar-refractivity contribution is 5.35. The van der Waals surface area contributed by atoms with Gasteiger partial charge in [0.15, 0.2) is 0 Å². The van der Waals surface area contributed by atoms with Crippen LogP contribution in [0.15, 0.2) is 18.2 Å². The quantitative estimate of drug-likeness (QED) is 0.821. The molecule has 0 aromatic heterocycles. The number of nitrogens with one attached hydrogen (secondary N) is 1. The molecule has 1 aromatic rings. The molecule has 1 aliphatic rings. The molecule has 1 N–H and O–H groups in total. The Labute approximate surface area is 103 Å². The summed E-state index contributed by atoms with van der Waals surface area (Å²) >= 11 is 0. The maximum atomic E-state index is 13.6. The van der Waals surface area contributed by atoms with Crippen LogP contribution in [0.2, 0.25) is 0 Å². The number of hydrogen-bond acceptors (Lipinski definition) is 1. The summed E-state index contributed by atoms with van der Waals surface area (Å²) in [5, 5.41) is 3.64. The third-order valence-electron chi connectivity index (χ3n) is 3.96. The molecule has 0 amide bonds. The summed E-state index contributed by atoms with van der Waals surface area (Å²) in [6.07, 6.45) is 1.87. The molecule has 1 nitrogen and oxygen atoms in total. The van der Waals surface area contributed by atoms with Crippen molar-refractivity contribution in [1.82, 2.24) is 5.32 Å². The molecule has 1 aromatic carbocycles. The van der Waals surface area contributed by atoms with E-state index in [1.807, 2.05) is 6.07 Å². The van der Waals surface area contributed by atoms with Gasteiger partial charge in [0.1, 0.15) is 5.82 Å². The molecule has 2 unspecified atom stereocenters. The summed E-state index contributed by atoms with van der Waals surface area (Å²) < 4.78 is 13.6. The van der Waals surface area contributed by atoms with Crippen LogP contribution in [0, 0.1) is 11.2 Å². The molecule has 17 heavy (non-hydrogen) atoms. The van der Waals surface area contributed by atoms with Gasteiger partial charge in [0.2, 0.25) is 0 Å². The topological polar surface area (TPSA) is 12.0 Å². The van der Waals surface area contributed by atoms with E-state index < -0.39 is 0 Å². The van der Waals surface area contributed by atoms with Crippen molar-refractivity contribution in [2.75, 3.05) is 0 Å². The second kappa shape index (κ2) is 4.41. The summed E-state index contributed by atoms with van der Waals surface area (Å²) in [4.78, 5) is 0. The Balaban J connectivity index is 2.15. The lowest BCUT2D eigenvalue weighted by molar-refractivity contribution is 0.262. The minimum absolute atomic E-state index is 0.0461. The summed E-state index contributed by atoms with van der Waals surface area (Å²) in [6.45, 7) is 8.89. The van der Waals surface area contributed by atoms with Gasteiger partial charge in [0, 0.05) is 12.1 Å². The van der Waals surface area contributed by atoms with E-state index in [1.54, 1.807) is 6.07 Å². The van der Waals surface area contributed by atoms with Crippen LogP contribution < -0.4 is 5.32 Å². The van der Waals surface area contributed by atoms with Gasteiger partial charge in [-0.2, -0.15) is 0 Å². The van der Waals surface area contributed by atoms with Gasteiger partial charge in [-0.1, -0.05) is 32.9 Å². The first-order valence-corrected chi connectivity index (χ1v) is 6.43. The normalized spacial score (nSPS) is 21.4. The van der Waals surface area contributed by atoms with Crippen LogP contribution in [0.3, 0.4) is 0 Å². The lowest BCUT2D eigenvalue weighted by atomic mass is 9.87. The van der Waals surface area contributed by atoms with Crippen LogP contribution in [-0.2, 0) is 6.42 Å². The number of fused-ring (bicyclic) bond motifs is 1. The Morgan fingerprint density at radius 3 is 2.71 bits per heavy atom. The maximum Gasteiger partial charge on any atom is 0.126 e. The Morgan fingerprint density at radius 1 is 1.35 bits per heavy atom. The van der Waals surface area contributed by atoms with Crippen molar-refractivity contribution in [3.05, 3.63) is 35.1 Å². The van der Waals surface area contributed by atoms with E-state index in [0.717, 1.165) is 24.0 Å². The molecule has 0 aliphatic heterocycles. The highest BCUT2D eigenvalue weighted by atomic mass is 19.1.